The SMILES string of the molecule is CC1(C)O[C@H]2O[C@@H]([C@H](O)COC(=O)c3ccccc3)[C@H](O)[C@@H]2O1. The Morgan fingerprint density at radius 2 is 2.00 bits per heavy atom. The molecule has 0 unspecified atom stereocenters. The fourth-order valence-electron chi connectivity index (χ4n) is 2.75. The first kappa shape index (κ1) is 16.4. The van der Waals surface area contributed by atoms with E-state index < -0.39 is 42.5 Å². The summed E-state index contributed by atoms with van der Waals surface area (Å²) in [7, 11) is 0. The number of hydrogen-bond acceptors (Lipinski definition) is 7. The van der Waals surface area contributed by atoms with Gasteiger partial charge < -0.3 is 29.2 Å². The highest BCUT2D eigenvalue weighted by molar-refractivity contribution is 5.89. The van der Waals surface area contributed by atoms with Gasteiger partial charge in [-0.25, -0.2) is 4.79 Å². The summed E-state index contributed by atoms with van der Waals surface area (Å²) in [6.45, 7) is 3.14. The van der Waals surface area contributed by atoms with Crippen molar-refractivity contribution in [2.45, 2.75) is 50.3 Å². The Bertz CT molecular complexity index is 559. The van der Waals surface area contributed by atoms with Gasteiger partial charge in [-0.15, -0.1) is 0 Å². The third kappa shape index (κ3) is 3.39. The summed E-state index contributed by atoms with van der Waals surface area (Å²) in [5.41, 5.74) is 0.387. The molecule has 7 nitrogen and oxygen atoms in total. The Balaban J connectivity index is 1.54. The second-order valence-electron chi connectivity index (χ2n) is 6.09. The molecule has 0 spiro atoms. The predicted molar refractivity (Wildman–Crippen MR) is 77.4 cm³/mol. The molecule has 5 atom stereocenters. The first-order chi connectivity index (χ1) is 10.9. The highest BCUT2D eigenvalue weighted by Gasteiger charge is 2.56. The van der Waals surface area contributed by atoms with Crippen LogP contribution in [0.3, 0.4) is 0 Å². The van der Waals surface area contributed by atoms with Crippen molar-refractivity contribution in [1.82, 2.24) is 0 Å². The van der Waals surface area contributed by atoms with E-state index in [0.717, 1.165) is 0 Å². The quantitative estimate of drug-likeness (QED) is 0.776. The van der Waals surface area contributed by atoms with Crippen LogP contribution in [0.1, 0.15) is 24.2 Å². The van der Waals surface area contributed by atoms with E-state index in [2.05, 4.69) is 0 Å². The summed E-state index contributed by atoms with van der Waals surface area (Å²) in [5, 5.41) is 20.3. The summed E-state index contributed by atoms with van der Waals surface area (Å²) >= 11 is 0. The van der Waals surface area contributed by atoms with Crippen molar-refractivity contribution in [2.75, 3.05) is 6.61 Å². The van der Waals surface area contributed by atoms with Crippen molar-refractivity contribution in [3.63, 3.8) is 0 Å². The highest BCUT2D eigenvalue weighted by Crippen LogP contribution is 2.38. The van der Waals surface area contributed by atoms with Gasteiger partial charge in [0.25, 0.3) is 0 Å². The normalized spacial score (nSPS) is 33.2. The number of fused-ring (bicyclic) bond motifs is 1. The lowest BCUT2D eigenvalue weighted by Crippen LogP contribution is -2.43. The molecule has 1 aromatic rings. The first-order valence-corrected chi connectivity index (χ1v) is 7.47. The Hall–Kier alpha value is -1.51. The number of ether oxygens (including phenoxy) is 4. The summed E-state index contributed by atoms with van der Waals surface area (Å²) < 4.78 is 21.6. The largest absolute Gasteiger partial charge is 0.459 e. The van der Waals surface area contributed by atoms with E-state index in [1.54, 1.807) is 44.2 Å². The molecular weight excluding hydrogens is 304 g/mol. The van der Waals surface area contributed by atoms with E-state index >= 15 is 0 Å². The van der Waals surface area contributed by atoms with Crippen molar-refractivity contribution in [2.24, 2.45) is 0 Å². The molecule has 0 saturated carbocycles. The zero-order chi connectivity index (χ0) is 16.6. The van der Waals surface area contributed by atoms with Gasteiger partial charge in [-0.3, -0.25) is 0 Å². The highest BCUT2D eigenvalue weighted by atomic mass is 16.8. The number of carbonyl (C=O) groups excluding carboxylic acids is 1. The minimum Gasteiger partial charge on any atom is -0.459 e. The molecule has 3 rings (SSSR count). The van der Waals surface area contributed by atoms with Crippen LogP contribution in [0.4, 0.5) is 0 Å². The van der Waals surface area contributed by atoms with Gasteiger partial charge in [-0.05, 0) is 26.0 Å². The zero-order valence-corrected chi connectivity index (χ0v) is 12.9. The molecule has 2 heterocycles. The van der Waals surface area contributed by atoms with E-state index in [1.165, 1.54) is 0 Å². The van der Waals surface area contributed by atoms with Crippen molar-refractivity contribution in [3.8, 4) is 0 Å². The van der Waals surface area contributed by atoms with Crippen LogP contribution in [0, 0.1) is 0 Å². The van der Waals surface area contributed by atoms with Gasteiger partial charge >= 0.3 is 5.97 Å². The van der Waals surface area contributed by atoms with Crippen molar-refractivity contribution in [1.29, 1.82) is 0 Å². The average molecular weight is 324 g/mol. The van der Waals surface area contributed by atoms with Gasteiger partial charge in [-0.2, -0.15) is 0 Å². The van der Waals surface area contributed by atoms with Crippen LogP contribution in [0.2, 0.25) is 0 Å². The fourth-order valence-corrected chi connectivity index (χ4v) is 2.75. The number of rotatable bonds is 4. The maximum absolute atomic E-state index is 11.8. The third-order valence-corrected chi connectivity index (χ3v) is 3.83. The molecule has 2 fully saturated rings. The smallest absolute Gasteiger partial charge is 0.338 e. The Labute approximate surface area is 133 Å². The second-order valence-corrected chi connectivity index (χ2v) is 6.09. The standard InChI is InChI=1S/C16H20O7/c1-16(2)22-13-11(18)12(21-15(13)23-16)10(17)8-20-14(19)9-6-4-3-5-7-9/h3-7,10-13,15,17-18H,8H2,1-2H3/t10-,11+,12+,13+,15-/m1/s1. The summed E-state index contributed by atoms with van der Waals surface area (Å²) in [4.78, 5) is 11.8. The third-order valence-electron chi connectivity index (χ3n) is 3.83. The molecule has 7 heteroatoms. The van der Waals surface area contributed by atoms with E-state index in [4.69, 9.17) is 18.9 Å². The van der Waals surface area contributed by atoms with Gasteiger partial charge in [0.2, 0.25) is 0 Å². The van der Waals surface area contributed by atoms with Crippen LogP contribution in [0.5, 0.6) is 0 Å². The lowest BCUT2D eigenvalue weighted by atomic mass is 10.1. The number of esters is 1. The molecule has 1 aromatic carbocycles. The first-order valence-electron chi connectivity index (χ1n) is 7.47. The number of hydrogen-bond donors (Lipinski definition) is 2. The van der Waals surface area contributed by atoms with E-state index in [-0.39, 0.29) is 6.61 Å². The van der Waals surface area contributed by atoms with Crippen LogP contribution in [0.15, 0.2) is 30.3 Å². The monoisotopic (exact) mass is 324 g/mol. The summed E-state index contributed by atoms with van der Waals surface area (Å²) in [6.07, 6.45) is -4.60. The van der Waals surface area contributed by atoms with Crippen LogP contribution >= 0.6 is 0 Å². The molecule has 0 aliphatic carbocycles. The Morgan fingerprint density at radius 3 is 2.65 bits per heavy atom. The molecule has 0 bridgehead atoms. The number of aliphatic hydroxyl groups is 2. The molecular formula is C16H20O7. The minimum atomic E-state index is -1.18. The molecule has 2 saturated heterocycles. The topological polar surface area (TPSA) is 94.5 Å². The summed E-state index contributed by atoms with van der Waals surface area (Å²) in [5.74, 6) is -1.39. The number of benzene rings is 1. The van der Waals surface area contributed by atoms with E-state index in [1.807, 2.05) is 0 Å². The maximum atomic E-state index is 11.8. The molecule has 0 aromatic heterocycles. The van der Waals surface area contributed by atoms with Gasteiger partial charge in [-0.1, -0.05) is 18.2 Å². The number of carbonyl (C=O) groups is 1. The molecule has 2 aliphatic rings. The minimum absolute atomic E-state index is 0.293. The van der Waals surface area contributed by atoms with Crippen molar-refractivity contribution < 1.29 is 34.0 Å². The molecule has 2 aliphatic heterocycles. The molecule has 2 N–H and O–H groups in total. The van der Waals surface area contributed by atoms with Crippen LogP contribution in [-0.4, -0.2) is 59.3 Å². The van der Waals surface area contributed by atoms with Crippen LogP contribution in [0.25, 0.3) is 0 Å². The van der Waals surface area contributed by atoms with E-state index in [0.29, 0.717) is 5.56 Å². The molecule has 0 radical (unpaired) electrons. The van der Waals surface area contributed by atoms with Crippen LogP contribution < -0.4 is 0 Å². The van der Waals surface area contributed by atoms with Crippen molar-refractivity contribution >= 4 is 5.97 Å². The predicted octanol–water partition coefficient (Wildman–Crippen LogP) is 0.442. The second kappa shape index (κ2) is 6.18. The van der Waals surface area contributed by atoms with Gasteiger partial charge in [0.1, 0.15) is 31.0 Å². The van der Waals surface area contributed by atoms with Gasteiger partial charge in [0, 0.05) is 0 Å². The van der Waals surface area contributed by atoms with E-state index in [9.17, 15) is 15.0 Å². The molecule has 126 valence electrons. The number of aliphatic hydroxyl groups excluding tert-OH is 2. The molecule has 0 amide bonds. The maximum Gasteiger partial charge on any atom is 0.338 e. The lowest BCUT2D eigenvalue weighted by Gasteiger charge is -2.25. The van der Waals surface area contributed by atoms with Crippen molar-refractivity contribution in [3.05, 3.63) is 35.9 Å². The van der Waals surface area contributed by atoms with Crippen LogP contribution in [-0.2, 0) is 18.9 Å². The zero-order valence-electron chi connectivity index (χ0n) is 12.9. The lowest BCUT2D eigenvalue weighted by molar-refractivity contribution is -0.227. The summed E-state index contributed by atoms with van der Waals surface area (Å²) in [6, 6.07) is 8.45. The average Bonchev–Trinajstić information content (AvgIpc) is 2.99. The molecule has 23 heavy (non-hydrogen) atoms. The Kier molecular flexibility index (Phi) is 4.39. The Morgan fingerprint density at radius 1 is 1.30 bits per heavy atom. The fraction of sp³-hybridized carbons (Fsp3) is 0.562. The van der Waals surface area contributed by atoms with Gasteiger partial charge in [0.15, 0.2) is 12.1 Å². The van der Waals surface area contributed by atoms with Gasteiger partial charge in [0.05, 0.1) is 5.56 Å².